The van der Waals surface area contributed by atoms with Gasteiger partial charge >= 0.3 is 0 Å². The molecule has 0 radical (unpaired) electrons. The first-order valence-corrected chi connectivity index (χ1v) is 6.22. The van der Waals surface area contributed by atoms with E-state index >= 15 is 0 Å². The molecule has 1 N–H and O–H groups in total. The summed E-state index contributed by atoms with van der Waals surface area (Å²) in [5.41, 5.74) is 2.58. The Hall–Kier alpha value is -1.95. The van der Waals surface area contributed by atoms with Crippen molar-refractivity contribution in [3.05, 3.63) is 23.8 Å². The maximum atomic E-state index is 11.4. The lowest BCUT2D eigenvalue weighted by atomic mass is 10.1. The number of hydrogen-bond acceptors (Lipinski definition) is 5. The Morgan fingerprint density at radius 2 is 2.26 bits per heavy atom. The molecule has 6 heteroatoms. The summed E-state index contributed by atoms with van der Waals surface area (Å²) in [7, 11) is 3.64. The monoisotopic (exact) mass is 262 g/mol. The molecule has 0 aliphatic carbocycles. The van der Waals surface area contributed by atoms with Crippen LogP contribution in [0.3, 0.4) is 0 Å². The van der Waals surface area contributed by atoms with Gasteiger partial charge in [-0.1, -0.05) is 12.1 Å². The summed E-state index contributed by atoms with van der Waals surface area (Å²) in [6.07, 6.45) is 0.472. The lowest BCUT2D eigenvalue weighted by Gasteiger charge is -2.24. The molecule has 0 aliphatic rings. The SMILES string of the molecule is CNC(=O)C[C@@H](C)N(C)Cc1cccc2nonc12. The predicted octanol–water partition coefficient (Wildman–Crippen LogP) is 1.18. The van der Waals surface area contributed by atoms with Gasteiger partial charge in [0.25, 0.3) is 0 Å². The molecule has 0 bridgehead atoms. The number of carbonyl (C=O) groups is 1. The largest absolute Gasteiger partial charge is 0.359 e. The molecule has 102 valence electrons. The van der Waals surface area contributed by atoms with Crippen LogP contribution in [0.15, 0.2) is 22.8 Å². The molecule has 0 saturated heterocycles. The Kier molecular flexibility index (Phi) is 4.11. The Bertz CT molecular complexity index is 567. The summed E-state index contributed by atoms with van der Waals surface area (Å²) in [6, 6.07) is 5.94. The molecule has 0 spiro atoms. The molecule has 19 heavy (non-hydrogen) atoms. The fourth-order valence-electron chi connectivity index (χ4n) is 1.94. The van der Waals surface area contributed by atoms with E-state index in [4.69, 9.17) is 4.63 Å². The van der Waals surface area contributed by atoms with Crippen LogP contribution in [-0.2, 0) is 11.3 Å². The minimum absolute atomic E-state index is 0.0423. The van der Waals surface area contributed by atoms with Crippen molar-refractivity contribution in [2.24, 2.45) is 0 Å². The van der Waals surface area contributed by atoms with Crippen molar-refractivity contribution in [3.63, 3.8) is 0 Å². The fraction of sp³-hybridized carbons (Fsp3) is 0.462. The number of aromatic nitrogens is 2. The molecule has 6 nitrogen and oxygen atoms in total. The van der Waals surface area contributed by atoms with Crippen LogP contribution in [0.4, 0.5) is 0 Å². The van der Waals surface area contributed by atoms with Crippen molar-refractivity contribution in [1.29, 1.82) is 0 Å². The smallest absolute Gasteiger partial charge is 0.221 e. The third-order valence-electron chi connectivity index (χ3n) is 3.30. The Balaban J connectivity index is 2.08. The Morgan fingerprint density at radius 1 is 1.47 bits per heavy atom. The zero-order chi connectivity index (χ0) is 13.8. The van der Waals surface area contributed by atoms with E-state index in [0.717, 1.165) is 16.6 Å². The van der Waals surface area contributed by atoms with Gasteiger partial charge in [0.2, 0.25) is 5.91 Å². The molecule has 1 aromatic carbocycles. The van der Waals surface area contributed by atoms with Crippen molar-refractivity contribution >= 4 is 16.9 Å². The van der Waals surface area contributed by atoms with Crippen molar-refractivity contribution in [2.75, 3.05) is 14.1 Å². The van der Waals surface area contributed by atoms with Crippen LogP contribution in [0.5, 0.6) is 0 Å². The molecule has 0 saturated carbocycles. The third kappa shape index (κ3) is 3.08. The summed E-state index contributed by atoms with van der Waals surface area (Å²) in [5, 5.41) is 10.4. The van der Waals surface area contributed by atoms with E-state index in [2.05, 4.69) is 20.5 Å². The van der Waals surface area contributed by atoms with E-state index in [0.29, 0.717) is 13.0 Å². The normalized spacial score (nSPS) is 12.8. The topological polar surface area (TPSA) is 71.3 Å². The molecule has 0 fully saturated rings. The van der Waals surface area contributed by atoms with Crippen LogP contribution in [0.2, 0.25) is 0 Å². The fourth-order valence-corrected chi connectivity index (χ4v) is 1.94. The molecule has 2 aromatic rings. The van der Waals surface area contributed by atoms with Gasteiger partial charge in [-0.25, -0.2) is 4.63 Å². The molecular weight excluding hydrogens is 244 g/mol. The first kappa shape index (κ1) is 13.5. The van der Waals surface area contributed by atoms with Gasteiger partial charge in [0.15, 0.2) is 0 Å². The van der Waals surface area contributed by atoms with Gasteiger partial charge in [0, 0.05) is 26.1 Å². The quantitative estimate of drug-likeness (QED) is 0.876. The van der Waals surface area contributed by atoms with Gasteiger partial charge in [-0.2, -0.15) is 0 Å². The van der Waals surface area contributed by atoms with Gasteiger partial charge in [0.1, 0.15) is 11.0 Å². The standard InChI is InChI=1S/C13H18N4O2/c1-9(7-12(18)14-2)17(3)8-10-5-4-6-11-13(10)16-19-15-11/h4-6,9H,7-8H2,1-3H3,(H,14,18)/t9-/m1/s1. The van der Waals surface area contributed by atoms with Gasteiger partial charge in [-0.15, -0.1) is 0 Å². The molecule has 0 aliphatic heterocycles. The highest BCUT2D eigenvalue weighted by atomic mass is 16.6. The van der Waals surface area contributed by atoms with Gasteiger partial charge in [-0.05, 0) is 35.9 Å². The van der Waals surface area contributed by atoms with Crippen LogP contribution >= 0.6 is 0 Å². The Morgan fingerprint density at radius 3 is 3.00 bits per heavy atom. The summed E-state index contributed by atoms with van der Waals surface area (Å²) < 4.78 is 4.75. The van der Waals surface area contributed by atoms with Crippen LogP contribution in [0.1, 0.15) is 18.9 Å². The molecule has 1 aromatic heterocycles. The maximum absolute atomic E-state index is 11.4. The number of hydrogen-bond donors (Lipinski definition) is 1. The van der Waals surface area contributed by atoms with Gasteiger partial charge < -0.3 is 5.32 Å². The predicted molar refractivity (Wildman–Crippen MR) is 71.4 cm³/mol. The summed E-state index contributed by atoms with van der Waals surface area (Å²) in [5.74, 6) is 0.0423. The lowest BCUT2D eigenvalue weighted by Crippen LogP contribution is -2.33. The van der Waals surface area contributed by atoms with Crippen LogP contribution in [0, 0.1) is 0 Å². The molecule has 2 rings (SSSR count). The molecule has 1 amide bonds. The highest BCUT2D eigenvalue weighted by Gasteiger charge is 2.15. The molecule has 0 unspecified atom stereocenters. The zero-order valence-electron chi connectivity index (χ0n) is 11.4. The summed E-state index contributed by atoms with van der Waals surface area (Å²) >= 11 is 0. The molecule has 1 heterocycles. The number of nitrogens with zero attached hydrogens (tertiary/aromatic N) is 3. The van der Waals surface area contributed by atoms with Gasteiger partial charge in [0.05, 0.1) is 0 Å². The van der Waals surface area contributed by atoms with E-state index in [1.165, 1.54) is 0 Å². The van der Waals surface area contributed by atoms with Crippen molar-refractivity contribution < 1.29 is 9.42 Å². The summed E-state index contributed by atoms with van der Waals surface area (Å²) in [4.78, 5) is 13.5. The van der Waals surface area contributed by atoms with Crippen molar-refractivity contribution in [1.82, 2.24) is 20.5 Å². The molecule has 1 atom stereocenters. The van der Waals surface area contributed by atoms with Crippen molar-refractivity contribution in [2.45, 2.75) is 25.9 Å². The van der Waals surface area contributed by atoms with E-state index in [1.807, 2.05) is 32.2 Å². The van der Waals surface area contributed by atoms with Crippen LogP contribution < -0.4 is 5.32 Å². The number of carbonyl (C=O) groups excluding carboxylic acids is 1. The van der Waals surface area contributed by atoms with Gasteiger partial charge in [-0.3, -0.25) is 9.69 Å². The second-order valence-corrected chi connectivity index (χ2v) is 4.69. The maximum Gasteiger partial charge on any atom is 0.221 e. The number of amides is 1. The minimum atomic E-state index is 0.0423. The first-order chi connectivity index (χ1) is 9.11. The van der Waals surface area contributed by atoms with Crippen molar-refractivity contribution in [3.8, 4) is 0 Å². The summed E-state index contributed by atoms with van der Waals surface area (Å²) in [6.45, 7) is 2.72. The Labute approximate surface area is 111 Å². The molecular formula is C13H18N4O2. The lowest BCUT2D eigenvalue weighted by molar-refractivity contribution is -0.121. The number of fused-ring (bicyclic) bond motifs is 1. The number of benzene rings is 1. The number of rotatable bonds is 5. The highest BCUT2D eigenvalue weighted by molar-refractivity contribution is 5.77. The number of nitrogens with one attached hydrogen (secondary N) is 1. The van der Waals surface area contributed by atoms with E-state index in [-0.39, 0.29) is 11.9 Å². The average molecular weight is 262 g/mol. The van der Waals surface area contributed by atoms with Crippen LogP contribution in [0.25, 0.3) is 11.0 Å². The highest BCUT2D eigenvalue weighted by Crippen LogP contribution is 2.17. The second-order valence-electron chi connectivity index (χ2n) is 4.69. The van der Waals surface area contributed by atoms with E-state index < -0.39 is 0 Å². The average Bonchev–Trinajstić information content (AvgIpc) is 2.87. The second kappa shape index (κ2) is 5.79. The first-order valence-electron chi connectivity index (χ1n) is 6.22. The third-order valence-corrected chi connectivity index (χ3v) is 3.30. The van der Waals surface area contributed by atoms with E-state index in [1.54, 1.807) is 7.05 Å². The minimum Gasteiger partial charge on any atom is -0.359 e. The van der Waals surface area contributed by atoms with Crippen LogP contribution in [-0.4, -0.2) is 41.3 Å². The van der Waals surface area contributed by atoms with E-state index in [9.17, 15) is 4.79 Å². The zero-order valence-corrected chi connectivity index (χ0v) is 11.4.